The monoisotopic (exact) mass is 469 g/mol. The van der Waals surface area contributed by atoms with Crippen LogP contribution >= 0.6 is 11.8 Å². The van der Waals surface area contributed by atoms with Gasteiger partial charge in [-0.05, 0) is 55.7 Å². The van der Waals surface area contributed by atoms with Crippen LogP contribution in [0.2, 0.25) is 0 Å². The van der Waals surface area contributed by atoms with Crippen LogP contribution in [-0.2, 0) is 14.3 Å². The van der Waals surface area contributed by atoms with E-state index in [2.05, 4.69) is 6.92 Å². The summed E-state index contributed by atoms with van der Waals surface area (Å²) in [6.45, 7) is 7.74. The summed E-state index contributed by atoms with van der Waals surface area (Å²) in [7, 11) is 1.62. The van der Waals surface area contributed by atoms with Gasteiger partial charge in [-0.25, -0.2) is 9.79 Å². The Morgan fingerprint density at radius 2 is 2.00 bits per heavy atom. The molecule has 3 aliphatic heterocycles. The SMILES string of the molecule is CCOC(=O)C1=C(C)N=C2SC=C(CC(=O)N3CCC(C)CC3)N2C1c1cccc(OC)c1. The molecule has 7 nitrogen and oxygen atoms in total. The summed E-state index contributed by atoms with van der Waals surface area (Å²) in [6, 6.07) is 7.23. The number of hydrogen-bond acceptors (Lipinski definition) is 7. The lowest BCUT2D eigenvalue weighted by atomic mass is 9.93. The zero-order valence-corrected chi connectivity index (χ0v) is 20.5. The third kappa shape index (κ3) is 4.81. The predicted molar refractivity (Wildman–Crippen MR) is 130 cm³/mol. The van der Waals surface area contributed by atoms with Gasteiger partial charge in [0.05, 0.1) is 37.4 Å². The fourth-order valence-electron chi connectivity index (χ4n) is 4.49. The second-order valence-electron chi connectivity index (χ2n) is 8.63. The van der Waals surface area contributed by atoms with E-state index in [4.69, 9.17) is 14.5 Å². The quantitative estimate of drug-likeness (QED) is 0.572. The Bertz CT molecular complexity index is 1020. The minimum absolute atomic E-state index is 0.114. The number of esters is 1. The number of amides is 1. The van der Waals surface area contributed by atoms with Crippen LogP contribution in [0.25, 0.3) is 0 Å². The van der Waals surface area contributed by atoms with Crippen LogP contribution in [0.15, 0.2) is 51.6 Å². The number of carbonyl (C=O) groups excluding carboxylic acids is 2. The summed E-state index contributed by atoms with van der Waals surface area (Å²) < 4.78 is 10.8. The minimum atomic E-state index is -0.443. The third-order valence-electron chi connectivity index (χ3n) is 6.37. The van der Waals surface area contributed by atoms with E-state index in [0.717, 1.165) is 42.4 Å². The summed E-state index contributed by atoms with van der Waals surface area (Å²) in [5.41, 5.74) is 2.86. The Kier molecular flexibility index (Phi) is 7.12. The molecule has 1 aromatic carbocycles. The first-order valence-corrected chi connectivity index (χ1v) is 12.3. The molecule has 4 rings (SSSR count). The zero-order chi connectivity index (χ0) is 23.5. The van der Waals surface area contributed by atoms with Gasteiger partial charge in [0, 0.05) is 18.8 Å². The van der Waals surface area contributed by atoms with Crippen LogP contribution < -0.4 is 4.74 Å². The summed E-state index contributed by atoms with van der Waals surface area (Å²) >= 11 is 1.49. The smallest absolute Gasteiger partial charge is 0.338 e. The number of allylic oxidation sites excluding steroid dienone is 1. The molecule has 0 radical (unpaired) electrons. The van der Waals surface area contributed by atoms with Crippen molar-refractivity contribution in [3.05, 3.63) is 52.2 Å². The summed E-state index contributed by atoms with van der Waals surface area (Å²) in [5, 5.41) is 2.75. The van der Waals surface area contributed by atoms with E-state index in [-0.39, 0.29) is 18.9 Å². The largest absolute Gasteiger partial charge is 0.497 e. The molecule has 0 aliphatic carbocycles. The molecule has 0 spiro atoms. The lowest BCUT2D eigenvalue weighted by Gasteiger charge is -2.37. The van der Waals surface area contributed by atoms with Gasteiger partial charge in [-0.2, -0.15) is 0 Å². The Morgan fingerprint density at radius 3 is 2.70 bits per heavy atom. The maximum Gasteiger partial charge on any atom is 0.338 e. The van der Waals surface area contributed by atoms with Gasteiger partial charge < -0.3 is 19.3 Å². The van der Waals surface area contributed by atoms with Crippen LogP contribution in [-0.4, -0.2) is 53.7 Å². The van der Waals surface area contributed by atoms with Crippen molar-refractivity contribution >= 4 is 28.8 Å². The van der Waals surface area contributed by atoms with E-state index in [1.165, 1.54) is 11.8 Å². The van der Waals surface area contributed by atoms with Crippen molar-refractivity contribution < 1.29 is 19.1 Å². The van der Waals surface area contributed by atoms with Gasteiger partial charge in [0.15, 0.2) is 5.17 Å². The predicted octanol–water partition coefficient (Wildman–Crippen LogP) is 4.48. The summed E-state index contributed by atoms with van der Waals surface area (Å²) in [6.07, 6.45) is 2.35. The fraction of sp³-hybridized carbons (Fsp3) is 0.480. The first-order valence-electron chi connectivity index (χ1n) is 11.5. The van der Waals surface area contributed by atoms with Crippen molar-refractivity contribution in [3.8, 4) is 5.75 Å². The number of carbonyl (C=O) groups is 2. The summed E-state index contributed by atoms with van der Waals surface area (Å²) in [5.74, 6) is 1.09. The number of aliphatic imine (C=N–C) groups is 1. The first-order chi connectivity index (χ1) is 15.9. The fourth-order valence-corrected chi connectivity index (χ4v) is 5.46. The molecule has 176 valence electrons. The van der Waals surface area contributed by atoms with E-state index in [0.29, 0.717) is 22.9 Å². The van der Waals surface area contributed by atoms with E-state index >= 15 is 0 Å². The molecule has 0 N–H and O–H groups in total. The molecule has 3 heterocycles. The minimum Gasteiger partial charge on any atom is -0.497 e. The Hall–Kier alpha value is -2.74. The van der Waals surface area contributed by atoms with Crippen LogP contribution in [0, 0.1) is 5.92 Å². The molecule has 0 saturated carbocycles. The van der Waals surface area contributed by atoms with Crippen LogP contribution in [0.3, 0.4) is 0 Å². The normalized spacial score (nSPS) is 20.9. The molecule has 0 aromatic heterocycles. The second-order valence-corrected chi connectivity index (χ2v) is 9.47. The standard InChI is InChI=1S/C25H31N3O4S/c1-5-32-24(30)22-17(3)26-25-28(23(22)18-7-6-8-20(13-18)31-4)19(15-33-25)14-21(29)27-11-9-16(2)10-12-27/h6-8,13,15-16,23H,5,9-12,14H2,1-4H3. The molecule has 33 heavy (non-hydrogen) atoms. The van der Waals surface area contributed by atoms with Crippen molar-refractivity contribution in [2.75, 3.05) is 26.8 Å². The Labute approximate surface area is 199 Å². The second kappa shape index (κ2) is 10.0. The molecular weight excluding hydrogens is 438 g/mol. The number of hydrogen-bond donors (Lipinski definition) is 0. The molecule has 1 fully saturated rings. The highest BCUT2D eigenvalue weighted by Gasteiger charge is 2.41. The maximum atomic E-state index is 13.1. The highest BCUT2D eigenvalue weighted by atomic mass is 32.2. The lowest BCUT2D eigenvalue weighted by molar-refractivity contribution is -0.139. The van der Waals surface area contributed by atoms with Crippen LogP contribution in [0.1, 0.15) is 51.6 Å². The van der Waals surface area contributed by atoms with Gasteiger partial charge in [-0.3, -0.25) is 4.79 Å². The molecule has 1 amide bonds. The molecule has 1 unspecified atom stereocenters. The van der Waals surface area contributed by atoms with Gasteiger partial charge in [0.2, 0.25) is 5.91 Å². The number of ether oxygens (including phenoxy) is 2. The van der Waals surface area contributed by atoms with E-state index in [1.54, 1.807) is 14.0 Å². The van der Waals surface area contributed by atoms with Gasteiger partial charge in [-0.1, -0.05) is 30.8 Å². The molecular formula is C25H31N3O4S. The van der Waals surface area contributed by atoms with Gasteiger partial charge in [0.1, 0.15) is 5.75 Å². The van der Waals surface area contributed by atoms with E-state index in [9.17, 15) is 9.59 Å². The van der Waals surface area contributed by atoms with E-state index < -0.39 is 12.0 Å². The molecule has 0 bridgehead atoms. The number of nitrogens with zero attached hydrogens (tertiary/aromatic N) is 3. The maximum absolute atomic E-state index is 13.1. The van der Waals surface area contributed by atoms with Gasteiger partial charge in [0.25, 0.3) is 0 Å². The first kappa shape index (κ1) is 23.4. The number of benzene rings is 1. The highest BCUT2D eigenvalue weighted by molar-refractivity contribution is 8.16. The zero-order valence-electron chi connectivity index (χ0n) is 19.7. The number of rotatable bonds is 6. The topological polar surface area (TPSA) is 71.4 Å². The van der Waals surface area contributed by atoms with Crippen LogP contribution in [0.5, 0.6) is 5.75 Å². The summed E-state index contributed by atoms with van der Waals surface area (Å²) in [4.78, 5) is 34.9. The Morgan fingerprint density at radius 1 is 1.24 bits per heavy atom. The lowest BCUT2D eigenvalue weighted by Crippen LogP contribution is -2.41. The van der Waals surface area contributed by atoms with Crippen molar-refractivity contribution in [2.24, 2.45) is 10.9 Å². The van der Waals surface area contributed by atoms with Crippen molar-refractivity contribution in [2.45, 2.75) is 46.1 Å². The molecule has 8 heteroatoms. The molecule has 3 aliphatic rings. The third-order valence-corrected chi connectivity index (χ3v) is 7.26. The molecule has 1 saturated heterocycles. The Balaban J connectivity index is 1.68. The van der Waals surface area contributed by atoms with Crippen LogP contribution in [0.4, 0.5) is 0 Å². The molecule has 1 aromatic rings. The number of thioether (sulfide) groups is 1. The number of likely N-dealkylation sites (tertiary alicyclic amines) is 1. The average molecular weight is 470 g/mol. The van der Waals surface area contributed by atoms with E-state index in [1.807, 2.05) is 46.4 Å². The van der Waals surface area contributed by atoms with Crippen molar-refractivity contribution in [1.82, 2.24) is 9.80 Å². The number of fused-ring (bicyclic) bond motifs is 1. The van der Waals surface area contributed by atoms with Gasteiger partial charge in [-0.15, -0.1) is 0 Å². The van der Waals surface area contributed by atoms with Crippen molar-refractivity contribution in [3.63, 3.8) is 0 Å². The average Bonchev–Trinajstić information content (AvgIpc) is 3.20. The highest BCUT2D eigenvalue weighted by Crippen LogP contribution is 2.45. The van der Waals surface area contributed by atoms with Gasteiger partial charge >= 0.3 is 5.97 Å². The number of methoxy groups -OCH3 is 1. The molecule has 1 atom stereocenters. The number of piperidine rings is 1. The van der Waals surface area contributed by atoms with Crippen molar-refractivity contribution in [1.29, 1.82) is 0 Å². The number of amidine groups is 1.